The number of carbonyl (C=O) groups excluding carboxylic acids is 1. The van der Waals surface area contributed by atoms with Crippen LogP contribution in [-0.4, -0.2) is 24.7 Å². The molecule has 1 fully saturated rings. The molecule has 21 heavy (non-hydrogen) atoms. The monoisotopic (exact) mass is 290 g/mol. The van der Waals surface area contributed by atoms with Gasteiger partial charge in [0, 0.05) is 12.2 Å². The van der Waals surface area contributed by atoms with Crippen molar-refractivity contribution in [2.75, 3.05) is 18.5 Å². The molecule has 0 aliphatic heterocycles. The first-order valence-corrected chi connectivity index (χ1v) is 7.86. The van der Waals surface area contributed by atoms with Crippen molar-refractivity contribution in [2.24, 2.45) is 11.7 Å². The van der Waals surface area contributed by atoms with Gasteiger partial charge in [-0.2, -0.15) is 0 Å². The maximum Gasteiger partial charge on any atom is 0.250 e. The third-order valence-corrected chi connectivity index (χ3v) is 4.53. The van der Waals surface area contributed by atoms with Crippen LogP contribution in [0.3, 0.4) is 0 Å². The summed E-state index contributed by atoms with van der Waals surface area (Å²) in [5.74, 6) is 0.665. The molecule has 1 amide bonds. The van der Waals surface area contributed by atoms with Crippen molar-refractivity contribution in [3.8, 4) is 0 Å². The molecule has 0 aromatic heterocycles. The molecule has 0 atom stereocenters. The minimum atomic E-state index is -0.306. The van der Waals surface area contributed by atoms with Crippen LogP contribution in [0.15, 0.2) is 30.3 Å². The van der Waals surface area contributed by atoms with E-state index in [9.17, 15) is 4.79 Å². The molecule has 1 aromatic rings. The van der Waals surface area contributed by atoms with E-state index in [0.29, 0.717) is 6.54 Å². The van der Waals surface area contributed by atoms with Crippen molar-refractivity contribution >= 4 is 11.6 Å². The Bertz CT molecular complexity index is 439. The predicted molar refractivity (Wildman–Crippen MR) is 85.1 cm³/mol. The SMILES string of the molecule is CCC1CCC(CN)(OCC(=O)Nc2ccccc2)CC1. The van der Waals surface area contributed by atoms with E-state index in [4.69, 9.17) is 10.5 Å². The van der Waals surface area contributed by atoms with E-state index in [1.165, 1.54) is 6.42 Å². The number of nitrogens with two attached hydrogens (primary N) is 1. The molecule has 0 unspecified atom stereocenters. The number of hydrogen-bond acceptors (Lipinski definition) is 3. The maximum absolute atomic E-state index is 12.0. The fourth-order valence-corrected chi connectivity index (χ4v) is 2.96. The van der Waals surface area contributed by atoms with Gasteiger partial charge >= 0.3 is 0 Å². The molecule has 3 N–H and O–H groups in total. The standard InChI is InChI=1S/C17H26N2O2/c1-2-14-8-10-17(13-18,11-9-14)21-12-16(20)19-15-6-4-3-5-7-15/h3-7,14H,2,8-13,18H2,1H3,(H,19,20). The normalized spacial score (nSPS) is 25.5. The molecule has 1 aliphatic rings. The fraction of sp³-hybridized carbons (Fsp3) is 0.588. The van der Waals surface area contributed by atoms with Crippen molar-refractivity contribution in [3.05, 3.63) is 30.3 Å². The average Bonchev–Trinajstić information content (AvgIpc) is 2.54. The van der Waals surface area contributed by atoms with Gasteiger partial charge in [-0.1, -0.05) is 31.5 Å². The van der Waals surface area contributed by atoms with Crippen LogP contribution in [0.4, 0.5) is 5.69 Å². The van der Waals surface area contributed by atoms with Crippen molar-refractivity contribution in [1.29, 1.82) is 0 Å². The smallest absolute Gasteiger partial charge is 0.250 e. The largest absolute Gasteiger partial charge is 0.364 e. The molecule has 116 valence electrons. The van der Waals surface area contributed by atoms with Gasteiger partial charge in [0.1, 0.15) is 6.61 Å². The molecular formula is C17H26N2O2. The van der Waals surface area contributed by atoms with Crippen LogP contribution in [0.25, 0.3) is 0 Å². The molecular weight excluding hydrogens is 264 g/mol. The summed E-state index contributed by atoms with van der Waals surface area (Å²) in [7, 11) is 0. The highest BCUT2D eigenvalue weighted by molar-refractivity contribution is 5.91. The number of rotatable bonds is 6. The molecule has 0 heterocycles. The van der Waals surface area contributed by atoms with Crippen LogP contribution in [0, 0.1) is 5.92 Å². The third-order valence-electron chi connectivity index (χ3n) is 4.53. The molecule has 4 heteroatoms. The van der Waals surface area contributed by atoms with E-state index in [1.807, 2.05) is 30.3 Å². The van der Waals surface area contributed by atoms with Crippen molar-refractivity contribution in [3.63, 3.8) is 0 Å². The van der Waals surface area contributed by atoms with Gasteiger partial charge in [0.25, 0.3) is 0 Å². The zero-order valence-electron chi connectivity index (χ0n) is 12.8. The van der Waals surface area contributed by atoms with E-state index in [0.717, 1.165) is 37.3 Å². The molecule has 0 bridgehead atoms. The third kappa shape index (κ3) is 4.55. The summed E-state index contributed by atoms with van der Waals surface area (Å²) in [6, 6.07) is 9.43. The molecule has 0 radical (unpaired) electrons. The van der Waals surface area contributed by atoms with Crippen molar-refractivity contribution < 1.29 is 9.53 Å². The molecule has 2 rings (SSSR count). The quantitative estimate of drug-likeness (QED) is 0.846. The molecule has 0 spiro atoms. The van der Waals surface area contributed by atoms with Gasteiger partial charge in [-0.25, -0.2) is 0 Å². The average molecular weight is 290 g/mol. The zero-order valence-corrected chi connectivity index (χ0v) is 12.8. The highest BCUT2D eigenvalue weighted by Crippen LogP contribution is 2.35. The fourth-order valence-electron chi connectivity index (χ4n) is 2.96. The second-order valence-electron chi connectivity index (χ2n) is 5.94. The summed E-state index contributed by atoms with van der Waals surface area (Å²) < 4.78 is 5.91. The Morgan fingerprint density at radius 2 is 2.00 bits per heavy atom. The highest BCUT2D eigenvalue weighted by Gasteiger charge is 2.35. The molecule has 4 nitrogen and oxygen atoms in total. The Hall–Kier alpha value is -1.39. The lowest BCUT2D eigenvalue weighted by Gasteiger charge is -2.39. The first kappa shape index (κ1) is 16.0. The van der Waals surface area contributed by atoms with Crippen LogP contribution in [-0.2, 0) is 9.53 Å². The summed E-state index contributed by atoms with van der Waals surface area (Å²) in [6.07, 6.45) is 5.43. The van der Waals surface area contributed by atoms with Gasteiger partial charge in [0.05, 0.1) is 5.60 Å². The Labute approximate surface area is 127 Å². The summed E-state index contributed by atoms with van der Waals surface area (Å²) in [5.41, 5.74) is 6.40. The minimum Gasteiger partial charge on any atom is -0.364 e. The van der Waals surface area contributed by atoms with Gasteiger partial charge in [-0.15, -0.1) is 0 Å². The second kappa shape index (κ2) is 7.57. The second-order valence-corrected chi connectivity index (χ2v) is 5.94. The lowest BCUT2D eigenvalue weighted by molar-refractivity contribution is -0.131. The van der Waals surface area contributed by atoms with Gasteiger partial charge < -0.3 is 15.8 Å². The molecule has 0 saturated heterocycles. The van der Waals surface area contributed by atoms with Crippen LogP contribution in [0.2, 0.25) is 0 Å². The number of para-hydroxylation sites is 1. The first-order chi connectivity index (χ1) is 10.2. The van der Waals surface area contributed by atoms with Crippen molar-refractivity contribution in [1.82, 2.24) is 0 Å². The highest BCUT2D eigenvalue weighted by atomic mass is 16.5. The summed E-state index contributed by atoms with van der Waals surface area (Å²) in [5, 5.41) is 2.84. The number of ether oxygens (including phenoxy) is 1. The van der Waals surface area contributed by atoms with Gasteiger partial charge in [0.2, 0.25) is 5.91 Å². The molecule has 1 aromatic carbocycles. The Morgan fingerprint density at radius 3 is 2.57 bits per heavy atom. The summed E-state index contributed by atoms with van der Waals surface area (Å²) in [4.78, 5) is 12.0. The van der Waals surface area contributed by atoms with E-state index in [-0.39, 0.29) is 18.1 Å². The van der Waals surface area contributed by atoms with E-state index in [2.05, 4.69) is 12.2 Å². The van der Waals surface area contributed by atoms with Gasteiger partial charge in [0.15, 0.2) is 0 Å². The number of anilines is 1. The first-order valence-electron chi connectivity index (χ1n) is 7.86. The molecule has 1 saturated carbocycles. The lowest BCUT2D eigenvalue weighted by Crippen LogP contribution is -2.45. The Morgan fingerprint density at radius 1 is 1.33 bits per heavy atom. The summed E-state index contributed by atoms with van der Waals surface area (Å²) >= 11 is 0. The maximum atomic E-state index is 12.0. The zero-order chi connectivity index (χ0) is 15.1. The van der Waals surface area contributed by atoms with Crippen LogP contribution >= 0.6 is 0 Å². The number of amides is 1. The molecule has 1 aliphatic carbocycles. The minimum absolute atomic E-state index is 0.0723. The number of hydrogen-bond donors (Lipinski definition) is 2. The predicted octanol–water partition coefficient (Wildman–Crippen LogP) is 2.94. The van der Waals surface area contributed by atoms with Crippen LogP contribution < -0.4 is 11.1 Å². The van der Waals surface area contributed by atoms with Gasteiger partial charge in [-0.05, 0) is 43.7 Å². The number of carbonyl (C=O) groups is 1. The van der Waals surface area contributed by atoms with E-state index >= 15 is 0 Å². The van der Waals surface area contributed by atoms with Crippen LogP contribution in [0.1, 0.15) is 39.0 Å². The summed E-state index contributed by atoms with van der Waals surface area (Å²) in [6.45, 7) is 2.79. The number of benzene rings is 1. The topological polar surface area (TPSA) is 64.3 Å². The Kier molecular flexibility index (Phi) is 5.76. The number of nitrogens with one attached hydrogen (secondary N) is 1. The lowest BCUT2D eigenvalue weighted by atomic mass is 9.77. The Balaban J connectivity index is 1.82. The van der Waals surface area contributed by atoms with Crippen molar-refractivity contribution in [2.45, 2.75) is 44.6 Å². The van der Waals surface area contributed by atoms with E-state index < -0.39 is 0 Å². The van der Waals surface area contributed by atoms with E-state index in [1.54, 1.807) is 0 Å². The van der Waals surface area contributed by atoms with Gasteiger partial charge in [-0.3, -0.25) is 4.79 Å². The van der Waals surface area contributed by atoms with Crippen LogP contribution in [0.5, 0.6) is 0 Å².